The number of fused-ring (bicyclic) bond motifs is 1. The minimum Gasteiger partial charge on any atom is -0.362 e. The lowest BCUT2D eigenvalue weighted by atomic mass is 10.1. The maximum absolute atomic E-state index is 12.7. The van der Waals surface area contributed by atoms with Crippen LogP contribution in [0, 0.1) is 10.1 Å². The van der Waals surface area contributed by atoms with Gasteiger partial charge in [0.25, 0.3) is 0 Å². The number of anilines is 1. The number of hydrogen-bond acceptors (Lipinski definition) is 6. The third-order valence-corrected chi connectivity index (χ3v) is 6.17. The Labute approximate surface area is 178 Å². The van der Waals surface area contributed by atoms with Crippen molar-refractivity contribution >= 4 is 39.5 Å². The SMILES string of the molecule is C.Cn1c(=O)c([N+](=O)[O-])c(N2CCN(C(=O)Cc3cccs3)CC2)c2ccccc21. The molecule has 158 valence electrons. The molecule has 0 spiro atoms. The van der Waals surface area contributed by atoms with Crippen molar-refractivity contribution in [2.24, 2.45) is 7.05 Å². The highest BCUT2D eigenvalue weighted by Crippen LogP contribution is 2.33. The van der Waals surface area contributed by atoms with E-state index in [0.29, 0.717) is 49.2 Å². The third-order valence-electron chi connectivity index (χ3n) is 5.29. The Morgan fingerprint density at radius 3 is 2.47 bits per heavy atom. The summed E-state index contributed by atoms with van der Waals surface area (Å²) in [5.41, 5.74) is -0.0437. The van der Waals surface area contributed by atoms with Crippen molar-refractivity contribution < 1.29 is 9.72 Å². The second-order valence-corrected chi connectivity index (χ2v) is 7.99. The fraction of sp³-hybridized carbons (Fsp3) is 0.333. The van der Waals surface area contributed by atoms with Gasteiger partial charge in [0.05, 0.1) is 16.9 Å². The van der Waals surface area contributed by atoms with Crippen LogP contribution in [0.2, 0.25) is 0 Å². The molecule has 1 aromatic carbocycles. The molecule has 3 heterocycles. The largest absolute Gasteiger partial charge is 0.362 e. The number of thiophene rings is 1. The first-order chi connectivity index (χ1) is 14.0. The van der Waals surface area contributed by atoms with Crippen LogP contribution < -0.4 is 10.5 Å². The van der Waals surface area contributed by atoms with Gasteiger partial charge in [-0.3, -0.25) is 19.7 Å². The van der Waals surface area contributed by atoms with Gasteiger partial charge in [0.2, 0.25) is 5.91 Å². The van der Waals surface area contributed by atoms with Crippen LogP contribution in [0.1, 0.15) is 12.3 Å². The number of nitro groups is 1. The van der Waals surface area contributed by atoms with Gasteiger partial charge < -0.3 is 14.4 Å². The molecule has 1 aliphatic heterocycles. The second-order valence-electron chi connectivity index (χ2n) is 6.96. The lowest BCUT2D eigenvalue weighted by molar-refractivity contribution is -0.385. The summed E-state index contributed by atoms with van der Waals surface area (Å²) < 4.78 is 1.32. The first kappa shape index (κ1) is 21.5. The summed E-state index contributed by atoms with van der Waals surface area (Å²) in [6, 6.07) is 11.1. The first-order valence-corrected chi connectivity index (χ1v) is 10.2. The molecular formula is C21H24N4O4S. The number of aryl methyl sites for hydroxylation is 1. The Hall–Kier alpha value is -3.20. The number of amides is 1. The quantitative estimate of drug-likeness (QED) is 0.471. The molecule has 0 aliphatic carbocycles. The van der Waals surface area contributed by atoms with Crippen LogP contribution in [0.3, 0.4) is 0 Å². The normalized spacial score (nSPS) is 13.9. The molecule has 0 bridgehead atoms. The van der Waals surface area contributed by atoms with Crippen molar-refractivity contribution in [1.29, 1.82) is 0 Å². The van der Waals surface area contributed by atoms with E-state index in [1.807, 2.05) is 22.4 Å². The van der Waals surface area contributed by atoms with Gasteiger partial charge in [-0.2, -0.15) is 0 Å². The van der Waals surface area contributed by atoms with Crippen LogP contribution in [-0.4, -0.2) is 46.5 Å². The van der Waals surface area contributed by atoms with Gasteiger partial charge in [-0.05, 0) is 17.5 Å². The lowest BCUT2D eigenvalue weighted by Crippen LogP contribution is -2.49. The summed E-state index contributed by atoms with van der Waals surface area (Å²) in [7, 11) is 1.54. The Morgan fingerprint density at radius 1 is 1.13 bits per heavy atom. The molecule has 30 heavy (non-hydrogen) atoms. The molecule has 1 aliphatic rings. The summed E-state index contributed by atoms with van der Waals surface area (Å²) in [4.78, 5) is 41.0. The van der Waals surface area contributed by atoms with Crippen molar-refractivity contribution in [3.8, 4) is 0 Å². The lowest BCUT2D eigenvalue weighted by Gasteiger charge is -2.36. The molecule has 4 rings (SSSR count). The molecule has 9 heteroatoms. The van der Waals surface area contributed by atoms with Crippen molar-refractivity contribution in [2.45, 2.75) is 13.8 Å². The van der Waals surface area contributed by atoms with Crippen LogP contribution >= 0.6 is 11.3 Å². The van der Waals surface area contributed by atoms with Crippen molar-refractivity contribution in [3.05, 3.63) is 67.1 Å². The average Bonchev–Trinajstić information content (AvgIpc) is 3.23. The van der Waals surface area contributed by atoms with Crippen molar-refractivity contribution in [1.82, 2.24) is 9.47 Å². The Bertz CT molecular complexity index is 1130. The highest BCUT2D eigenvalue weighted by atomic mass is 32.1. The standard InChI is InChI=1S/C20H20N4O4S.CH4/c1-21-16-7-3-2-6-15(16)18(19(20(21)26)24(27)28)23-10-8-22(9-11-23)17(25)13-14-5-4-12-29-14;/h2-7,12H,8-11,13H2,1H3;1H4. The molecule has 2 aromatic heterocycles. The summed E-state index contributed by atoms with van der Waals surface area (Å²) >= 11 is 1.55. The summed E-state index contributed by atoms with van der Waals surface area (Å²) in [6.07, 6.45) is 0.368. The number of aromatic nitrogens is 1. The zero-order valence-corrected chi connectivity index (χ0v) is 16.7. The molecule has 0 N–H and O–H groups in total. The molecule has 8 nitrogen and oxygen atoms in total. The fourth-order valence-electron chi connectivity index (χ4n) is 3.80. The smallest absolute Gasteiger partial charge is 0.357 e. The van der Waals surface area contributed by atoms with E-state index in [-0.39, 0.29) is 13.3 Å². The molecule has 1 fully saturated rings. The highest BCUT2D eigenvalue weighted by Gasteiger charge is 2.31. The maximum Gasteiger partial charge on any atom is 0.357 e. The van der Waals surface area contributed by atoms with Gasteiger partial charge in [-0.25, -0.2) is 0 Å². The van der Waals surface area contributed by atoms with Crippen molar-refractivity contribution in [3.63, 3.8) is 0 Å². The van der Waals surface area contributed by atoms with Crippen LogP contribution in [-0.2, 0) is 18.3 Å². The number of pyridine rings is 1. The van der Waals surface area contributed by atoms with E-state index >= 15 is 0 Å². The summed E-state index contributed by atoms with van der Waals surface area (Å²) in [5.74, 6) is 0.0513. The van der Waals surface area contributed by atoms with Crippen LogP contribution in [0.15, 0.2) is 46.6 Å². The van der Waals surface area contributed by atoms with Gasteiger partial charge in [-0.15, -0.1) is 11.3 Å². The number of carbonyl (C=O) groups excluding carboxylic acids is 1. The van der Waals surface area contributed by atoms with Crippen molar-refractivity contribution in [2.75, 3.05) is 31.1 Å². The van der Waals surface area contributed by atoms with Gasteiger partial charge in [0.15, 0.2) is 0 Å². The van der Waals surface area contributed by atoms with E-state index in [4.69, 9.17) is 0 Å². The van der Waals surface area contributed by atoms with Crippen LogP contribution in [0.4, 0.5) is 11.4 Å². The third kappa shape index (κ3) is 3.80. The van der Waals surface area contributed by atoms with E-state index in [1.165, 1.54) is 4.57 Å². The Balaban J connectivity index is 0.00000256. The van der Waals surface area contributed by atoms with E-state index < -0.39 is 16.2 Å². The molecule has 0 radical (unpaired) electrons. The molecule has 1 saturated heterocycles. The highest BCUT2D eigenvalue weighted by molar-refractivity contribution is 7.10. The number of hydrogen-bond donors (Lipinski definition) is 0. The van der Waals surface area contributed by atoms with E-state index in [9.17, 15) is 19.7 Å². The first-order valence-electron chi connectivity index (χ1n) is 9.28. The minimum absolute atomic E-state index is 0. The summed E-state index contributed by atoms with van der Waals surface area (Å²) in [5, 5.41) is 14.3. The van der Waals surface area contributed by atoms with Gasteiger partial charge in [0.1, 0.15) is 5.69 Å². The average molecular weight is 429 g/mol. The predicted molar refractivity (Wildman–Crippen MR) is 119 cm³/mol. The number of nitrogens with zero attached hydrogens (tertiary/aromatic N) is 4. The minimum atomic E-state index is -0.625. The molecule has 0 saturated carbocycles. The maximum atomic E-state index is 12.7. The predicted octanol–water partition coefficient (Wildman–Crippen LogP) is 3.04. The summed E-state index contributed by atoms with van der Waals surface area (Å²) in [6.45, 7) is 1.80. The second kappa shape index (κ2) is 8.66. The van der Waals surface area contributed by atoms with Gasteiger partial charge in [0, 0.05) is 43.5 Å². The fourth-order valence-corrected chi connectivity index (χ4v) is 4.50. The number of carbonyl (C=O) groups is 1. The monoisotopic (exact) mass is 428 g/mol. The van der Waals surface area contributed by atoms with E-state index in [1.54, 1.807) is 47.5 Å². The number of piperazine rings is 1. The number of rotatable bonds is 4. The molecular weight excluding hydrogens is 404 g/mol. The topological polar surface area (TPSA) is 88.7 Å². The van der Waals surface area contributed by atoms with Crippen LogP contribution in [0.5, 0.6) is 0 Å². The number of benzene rings is 1. The molecule has 1 amide bonds. The van der Waals surface area contributed by atoms with E-state index in [2.05, 4.69) is 0 Å². The Morgan fingerprint density at radius 2 is 1.83 bits per heavy atom. The zero-order chi connectivity index (χ0) is 20.5. The number of para-hydroxylation sites is 1. The van der Waals surface area contributed by atoms with Gasteiger partial charge >= 0.3 is 11.2 Å². The Kier molecular flexibility index (Phi) is 6.21. The molecule has 0 atom stereocenters. The molecule has 0 unspecified atom stereocenters. The van der Waals surface area contributed by atoms with Gasteiger partial charge in [-0.1, -0.05) is 31.7 Å². The van der Waals surface area contributed by atoms with Crippen LogP contribution in [0.25, 0.3) is 10.9 Å². The zero-order valence-electron chi connectivity index (χ0n) is 15.9. The molecule has 3 aromatic rings. The van der Waals surface area contributed by atoms with E-state index in [0.717, 1.165) is 4.88 Å².